The molecule has 0 bridgehead atoms. The quantitative estimate of drug-likeness (QED) is 0.887. The fourth-order valence-corrected chi connectivity index (χ4v) is 3.74. The molecule has 1 saturated carbocycles. The Morgan fingerprint density at radius 1 is 1.50 bits per heavy atom. The molecule has 0 radical (unpaired) electrons. The predicted molar refractivity (Wildman–Crippen MR) is 70.7 cm³/mol. The zero-order valence-corrected chi connectivity index (χ0v) is 11.9. The summed E-state index contributed by atoms with van der Waals surface area (Å²) < 4.78 is 25.8. The minimum absolute atomic E-state index is 0.0275. The third kappa shape index (κ3) is 2.93. The Morgan fingerprint density at radius 3 is 2.60 bits per heavy atom. The van der Waals surface area contributed by atoms with Gasteiger partial charge >= 0.3 is 5.97 Å². The lowest BCUT2D eigenvalue weighted by atomic mass is 10.2. The van der Waals surface area contributed by atoms with Crippen LogP contribution in [0.1, 0.15) is 18.4 Å². The standard InChI is InChI=1S/C12H11ClN2O4S/c13-11-5-10(4-1-8(11)6-14)20(18,19)15(7-12(16)17)9-2-3-9/h1,4-5,9H,2-3,7H2,(H,16,17). The van der Waals surface area contributed by atoms with Crippen molar-refractivity contribution in [3.63, 3.8) is 0 Å². The maximum absolute atomic E-state index is 12.4. The van der Waals surface area contributed by atoms with Crippen molar-refractivity contribution in [3.05, 3.63) is 28.8 Å². The molecular weight excluding hydrogens is 304 g/mol. The summed E-state index contributed by atoms with van der Waals surface area (Å²) in [6.45, 7) is -0.579. The third-order valence-corrected chi connectivity index (χ3v) is 5.12. The van der Waals surface area contributed by atoms with Gasteiger partial charge in [-0.15, -0.1) is 0 Å². The predicted octanol–water partition coefficient (Wildman–Crippen LogP) is 1.45. The molecule has 1 fully saturated rings. The lowest BCUT2D eigenvalue weighted by molar-refractivity contribution is -0.137. The first kappa shape index (κ1) is 14.8. The molecule has 0 saturated heterocycles. The Bertz CT molecular complexity index is 692. The molecule has 0 unspecified atom stereocenters. The summed E-state index contributed by atoms with van der Waals surface area (Å²) in [5.41, 5.74) is 0.168. The molecule has 1 aliphatic rings. The van der Waals surface area contributed by atoms with Crippen molar-refractivity contribution < 1.29 is 18.3 Å². The van der Waals surface area contributed by atoms with Gasteiger partial charge in [0.2, 0.25) is 10.0 Å². The molecule has 1 aromatic carbocycles. The van der Waals surface area contributed by atoms with Gasteiger partial charge in [0.25, 0.3) is 0 Å². The first-order valence-corrected chi connectivity index (χ1v) is 7.61. The molecule has 106 valence electrons. The number of carboxylic acids is 1. The van der Waals surface area contributed by atoms with Crippen LogP contribution < -0.4 is 0 Å². The topological polar surface area (TPSA) is 98.5 Å². The molecule has 1 aromatic rings. The van der Waals surface area contributed by atoms with Crippen molar-refractivity contribution in [1.82, 2.24) is 4.31 Å². The van der Waals surface area contributed by atoms with Gasteiger partial charge in [-0.2, -0.15) is 9.57 Å². The van der Waals surface area contributed by atoms with E-state index >= 15 is 0 Å². The molecule has 0 atom stereocenters. The third-order valence-electron chi connectivity index (χ3n) is 2.91. The fraction of sp³-hybridized carbons (Fsp3) is 0.333. The number of benzene rings is 1. The maximum atomic E-state index is 12.4. The van der Waals surface area contributed by atoms with Gasteiger partial charge in [0.1, 0.15) is 12.6 Å². The first-order valence-electron chi connectivity index (χ1n) is 5.79. The van der Waals surface area contributed by atoms with E-state index in [1.165, 1.54) is 18.2 Å². The highest BCUT2D eigenvalue weighted by molar-refractivity contribution is 7.89. The second-order valence-corrected chi connectivity index (χ2v) is 6.73. The van der Waals surface area contributed by atoms with E-state index in [-0.39, 0.29) is 21.5 Å². The normalized spacial score (nSPS) is 15.1. The van der Waals surface area contributed by atoms with E-state index in [1.807, 2.05) is 6.07 Å². The summed E-state index contributed by atoms with van der Waals surface area (Å²) in [5.74, 6) is -1.21. The largest absolute Gasteiger partial charge is 0.480 e. The van der Waals surface area contributed by atoms with Crippen LogP contribution in [0.5, 0.6) is 0 Å². The molecule has 0 amide bonds. The van der Waals surface area contributed by atoms with Crippen LogP contribution in [-0.2, 0) is 14.8 Å². The molecular formula is C12H11ClN2O4S. The van der Waals surface area contributed by atoms with E-state index in [0.29, 0.717) is 12.8 Å². The number of aliphatic carboxylic acids is 1. The van der Waals surface area contributed by atoms with Crippen LogP contribution in [0.25, 0.3) is 0 Å². The second kappa shape index (κ2) is 5.40. The first-order chi connectivity index (χ1) is 9.36. The Balaban J connectivity index is 2.40. The molecule has 8 heteroatoms. The molecule has 6 nitrogen and oxygen atoms in total. The van der Waals surface area contributed by atoms with Gasteiger partial charge in [-0.1, -0.05) is 11.6 Å². The number of hydrogen-bond acceptors (Lipinski definition) is 4. The van der Waals surface area contributed by atoms with Crippen LogP contribution in [-0.4, -0.2) is 36.4 Å². The van der Waals surface area contributed by atoms with Gasteiger partial charge in [-0.3, -0.25) is 4.79 Å². The summed E-state index contributed by atoms with van der Waals surface area (Å²) in [5, 5.41) is 17.6. The number of carboxylic acid groups (broad SMARTS) is 1. The number of nitriles is 1. The Kier molecular flexibility index (Phi) is 3.99. The molecule has 2 rings (SSSR count). The molecule has 1 aliphatic carbocycles. The summed E-state index contributed by atoms with van der Waals surface area (Å²) in [7, 11) is -3.92. The SMILES string of the molecule is N#Cc1ccc(S(=O)(=O)N(CC(=O)O)C2CC2)cc1Cl. The number of halogens is 1. The van der Waals surface area contributed by atoms with E-state index in [2.05, 4.69) is 0 Å². The Hall–Kier alpha value is -1.62. The highest BCUT2D eigenvalue weighted by atomic mass is 35.5. The van der Waals surface area contributed by atoms with Crippen LogP contribution in [0.2, 0.25) is 5.02 Å². The highest BCUT2D eigenvalue weighted by Gasteiger charge is 2.39. The van der Waals surface area contributed by atoms with Crippen molar-refractivity contribution >= 4 is 27.6 Å². The van der Waals surface area contributed by atoms with Crippen LogP contribution in [0, 0.1) is 11.3 Å². The summed E-state index contributed by atoms with van der Waals surface area (Å²) in [6, 6.07) is 5.30. The van der Waals surface area contributed by atoms with Gasteiger partial charge in [-0.25, -0.2) is 8.42 Å². The Labute approximate surface area is 121 Å². The number of hydrogen-bond donors (Lipinski definition) is 1. The van der Waals surface area contributed by atoms with Crippen molar-refractivity contribution in [2.75, 3.05) is 6.54 Å². The number of rotatable bonds is 5. The Morgan fingerprint density at radius 2 is 2.15 bits per heavy atom. The number of carbonyl (C=O) groups is 1. The van der Waals surface area contributed by atoms with Crippen molar-refractivity contribution in [2.45, 2.75) is 23.8 Å². The van der Waals surface area contributed by atoms with E-state index in [0.717, 1.165) is 4.31 Å². The molecule has 20 heavy (non-hydrogen) atoms. The van der Waals surface area contributed by atoms with Gasteiger partial charge in [-0.05, 0) is 31.0 Å². The lowest BCUT2D eigenvalue weighted by Crippen LogP contribution is -2.37. The van der Waals surface area contributed by atoms with E-state index in [4.69, 9.17) is 22.0 Å². The van der Waals surface area contributed by atoms with Crippen LogP contribution >= 0.6 is 11.6 Å². The van der Waals surface area contributed by atoms with E-state index in [9.17, 15) is 13.2 Å². The van der Waals surface area contributed by atoms with Crippen LogP contribution in [0.4, 0.5) is 0 Å². The highest BCUT2D eigenvalue weighted by Crippen LogP contribution is 2.32. The molecule has 0 aliphatic heterocycles. The van der Waals surface area contributed by atoms with E-state index in [1.54, 1.807) is 0 Å². The van der Waals surface area contributed by atoms with Gasteiger partial charge in [0.05, 0.1) is 15.5 Å². The number of nitrogens with zero attached hydrogens (tertiary/aromatic N) is 2. The average molecular weight is 315 g/mol. The van der Waals surface area contributed by atoms with Crippen LogP contribution in [0.3, 0.4) is 0 Å². The molecule has 0 aromatic heterocycles. The minimum atomic E-state index is -3.92. The average Bonchev–Trinajstić information content (AvgIpc) is 3.19. The molecule has 1 N–H and O–H groups in total. The molecule has 0 spiro atoms. The van der Waals surface area contributed by atoms with Gasteiger partial charge < -0.3 is 5.11 Å². The lowest BCUT2D eigenvalue weighted by Gasteiger charge is -2.20. The minimum Gasteiger partial charge on any atom is -0.480 e. The zero-order valence-electron chi connectivity index (χ0n) is 10.3. The summed E-state index contributed by atoms with van der Waals surface area (Å²) in [4.78, 5) is 10.7. The fourth-order valence-electron chi connectivity index (χ4n) is 1.79. The monoisotopic (exact) mass is 314 g/mol. The summed E-state index contributed by atoms with van der Waals surface area (Å²) in [6.07, 6.45) is 1.30. The van der Waals surface area contributed by atoms with Gasteiger partial charge in [0, 0.05) is 6.04 Å². The smallest absolute Gasteiger partial charge is 0.318 e. The van der Waals surface area contributed by atoms with Gasteiger partial charge in [0.15, 0.2) is 0 Å². The van der Waals surface area contributed by atoms with Crippen LogP contribution in [0.15, 0.2) is 23.1 Å². The molecule has 0 heterocycles. The van der Waals surface area contributed by atoms with E-state index < -0.39 is 22.5 Å². The summed E-state index contributed by atoms with van der Waals surface area (Å²) >= 11 is 5.82. The van der Waals surface area contributed by atoms with Crippen molar-refractivity contribution in [3.8, 4) is 6.07 Å². The maximum Gasteiger partial charge on any atom is 0.318 e. The van der Waals surface area contributed by atoms with Crippen molar-refractivity contribution in [1.29, 1.82) is 5.26 Å². The van der Waals surface area contributed by atoms with Crippen molar-refractivity contribution in [2.24, 2.45) is 0 Å². The zero-order chi connectivity index (χ0) is 14.9. The number of sulfonamides is 1. The second-order valence-electron chi connectivity index (χ2n) is 4.43.